The maximum atomic E-state index is 12.6. The van der Waals surface area contributed by atoms with Gasteiger partial charge in [-0.3, -0.25) is 4.79 Å². The van der Waals surface area contributed by atoms with Gasteiger partial charge in [-0.05, 0) is 38.3 Å². The summed E-state index contributed by atoms with van der Waals surface area (Å²) < 4.78 is 36.1. The number of nitrogens with one attached hydrogen (secondary N) is 1. The minimum atomic E-state index is -3.31. The van der Waals surface area contributed by atoms with Gasteiger partial charge >= 0.3 is 5.97 Å². The van der Waals surface area contributed by atoms with Crippen molar-refractivity contribution in [3.63, 3.8) is 0 Å². The Hall–Kier alpha value is -2.13. The third-order valence-corrected chi connectivity index (χ3v) is 6.42. The van der Waals surface area contributed by atoms with Crippen LogP contribution in [0, 0.1) is 5.92 Å². The second-order valence-corrected chi connectivity index (χ2v) is 8.71. The van der Waals surface area contributed by atoms with E-state index in [9.17, 15) is 18.0 Å². The van der Waals surface area contributed by atoms with Crippen LogP contribution in [0.5, 0.6) is 5.75 Å². The molecule has 1 N–H and O–H groups in total. The molecule has 0 bridgehead atoms. The van der Waals surface area contributed by atoms with E-state index < -0.39 is 21.9 Å². The van der Waals surface area contributed by atoms with Gasteiger partial charge in [-0.15, -0.1) is 0 Å². The normalized spacial score (nSPS) is 17.7. The van der Waals surface area contributed by atoms with Gasteiger partial charge in [0.05, 0.1) is 18.3 Å². The third kappa shape index (κ3) is 6.49. The van der Waals surface area contributed by atoms with Crippen molar-refractivity contribution in [2.75, 3.05) is 37.4 Å². The summed E-state index contributed by atoms with van der Waals surface area (Å²) in [7, 11) is -3.31. The van der Waals surface area contributed by atoms with Gasteiger partial charge in [-0.2, -0.15) is 0 Å². The lowest BCUT2D eigenvalue weighted by molar-refractivity contribution is -0.145. The average Bonchev–Trinajstić information content (AvgIpc) is 2.67. The summed E-state index contributed by atoms with van der Waals surface area (Å²) in [5.74, 6) is -0.557. The number of piperidine rings is 1. The van der Waals surface area contributed by atoms with Gasteiger partial charge in [0, 0.05) is 24.8 Å². The minimum absolute atomic E-state index is 0.0984. The second-order valence-electron chi connectivity index (χ2n) is 6.62. The predicted molar refractivity (Wildman–Crippen MR) is 106 cm³/mol. The zero-order chi connectivity index (χ0) is 20.6. The van der Waals surface area contributed by atoms with E-state index in [1.165, 1.54) is 4.31 Å². The molecule has 1 unspecified atom stereocenters. The molecule has 1 atom stereocenters. The summed E-state index contributed by atoms with van der Waals surface area (Å²) >= 11 is 0. The van der Waals surface area contributed by atoms with Gasteiger partial charge < -0.3 is 14.8 Å². The summed E-state index contributed by atoms with van der Waals surface area (Å²) in [6.07, 6.45) is 1.85. The molecular weight excluding hydrogens is 384 g/mol. The van der Waals surface area contributed by atoms with Crippen LogP contribution >= 0.6 is 0 Å². The molecule has 1 aliphatic rings. The quantitative estimate of drug-likeness (QED) is 0.623. The van der Waals surface area contributed by atoms with Crippen LogP contribution in [0.3, 0.4) is 0 Å². The Morgan fingerprint density at radius 2 is 2.07 bits per heavy atom. The first-order valence-electron chi connectivity index (χ1n) is 9.53. The number of sulfonamides is 1. The second kappa shape index (κ2) is 10.4. The number of rotatable bonds is 9. The molecule has 1 heterocycles. The predicted octanol–water partition coefficient (Wildman–Crippen LogP) is 2.02. The van der Waals surface area contributed by atoms with Crippen LogP contribution in [0.2, 0.25) is 0 Å². The molecule has 0 saturated carbocycles. The smallest absolute Gasteiger partial charge is 0.344 e. The Balaban J connectivity index is 1.95. The van der Waals surface area contributed by atoms with E-state index in [4.69, 9.17) is 9.47 Å². The number of hydrogen-bond donors (Lipinski definition) is 1. The van der Waals surface area contributed by atoms with E-state index in [1.54, 1.807) is 31.2 Å². The third-order valence-electron chi connectivity index (χ3n) is 4.37. The Bertz CT molecular complexity index is 780. The zero-order valence-electron chi connectivity index (χ0n) is 16.3. The Morgan fingerprint density at radius 1 is 1.29 bits per heavy atom. The summed E-state index contributed by atoms with van der Waals surface area (Å²) in [5.41, 5.74) is 0.528. The number of hydrogen-bond acceptors (Lipinski definition) is 6. The number of benzene rings is 1. The highest BCUT2D eigenvalue weighted by Crippen LogP contribution is 2.23. The molecule has 1 aromatic carbocycles. The molecule has 1 fully saturated rings. The summed E-state index contributed by atoms with van der Waals surface area (Å²) in [4.78, 5) is 24.0. The van der Waals surface area contributed by atoms with Crippen LogP contribution in [-0.4, -0.2) is 56.7 Å². The first kappa shape index (κ1) is 22.2. The molecule has 0 aliphatic carbocycles. The number of ether oxygens (including phenoxy) is 2. The van der Waals surface area contributed by atoms with Crippen molar-refractivity contribution < 1.29 is 27.5 Å². The Kier molecular flexibility index (Phi) is 8.25. The van der Waals surface area contributed by atoms with E-state index in [1.807, 2.05) is 6.92 Å². The highest BCUT2D eigenvalue weighted by Gasteiger charge is 2.31. The van der Waals surface area contributed by atoms with Crippen LogP contribution in [0.15, 0.2) is 24.3 Å². The number of nitrogens with zero attached hydrogens (tertiary/aromatic N) is 1. The number of amides is 1. The standard InChI is InChI=1S/C19H28N2O6S/c1-3-11-28(24,25)21-10-6-7-15(13-21)19(23)20-16-8-5-9-17(12-16)27-14-18(22)26-4-2/h5,8-9,12,15H,3-4,6-7,10-11,13-14H2,1-2H3,(H,20,23). The van der Waals surface area contributed by atoms with E-state index in [-0.39, 0.29) is 31.4 Å². The molecule has 1 aromatic rings. The molecule has 9 heteroatoms. The van der Waals surface area contributed by atoms with E-state index in [0.29, 0.717) is 37.2 Å². The first-order chi connectivity index (χ1) is 13.4. The van der Waals surface area contributed by atoms with Crippen molar-refractivity contribution in [3.05, 3.63) is 24.3 Å². The van der Waals surface area contributed by atoms with E-state index >= 15 is 0 Å². The molecular formula is C19H28N2O6S. The van der Waals surface area contributed by atoms with Crippen molar-refractivity contribution in [2.45, 2.75) is 33.1 Å². The molecule has 1 amide bonds. The van der Waals surface area contributed by atoms with Crippen molar-refractivity contribution in [2.24, 2.45) is 5.92 Å². The zero-order valence-corrected chi connectivity index (χ0v) is 17.2. The summed E-state index contributed by atoms with van der Waals surface area (Å²) in [6.45, 7) is 4.27. The molecule has 1 saturated heterocycles. The van der Waals surface area contributed by atoms with Gasteiger partial charge in [-0.25, -0.2) is 17.5 Å². The average molecular weight is 413 g/mol. The van der Waals surface area contributed by atoms with Crippen molar-refractivity contribution in [1.82, 2.24) is 4.31 Å². The fourth-order valence-corrected chi connectivity index (χ4v) is 4.64. The number of carbonyl (C=O) groups is 2. The number of carbonyl (C=O) groups excluding carboxylic acids is 2. The van der Waals surface area contributed by atoms with Crippen LogP contribution in [-0.2, 0) is 24.3 Å². The van der Waals surface area contributed by atoms with E-state index in [0.717, 1.165) is 0 Å². The van der Waals surface area contributed by atoms with Crippen molar-refractivity contribution in [1.29, 1.82) is 0 Å². The Morgan fingerprint density at radius 3 is 2.79 bits per heavy atom. The topological polar surface area (TPSA) is 102 Å². The van der Waals surface area contributed by atoms with Gasteiger partial charge in [0.1, 0.15) is 5.75 Å². The van der Waals surface area contributed by atoms with Gasteiger partial charge in [0.15, 0.2) is 6.61 Å². The van der Waals surface area contributed by atoms with Gasteiger partial charge in [-0.1, -0.05) is 13.0 Å². The molecule has 0 aromatic heterocycles. The maximum Gasteiger partial charge on any atom is 0.344 e. The molecule has 0 spiro atoms. The highest BCUT2D eigenvalue weighted by atomic mass is 32.2. The molecule has 8 nitrogen and oxygen atoms in total. The fourth-order valence-electron chi connectivity index (χ4n) is 3.05. The monoisotopic (exact) mass is 412 g/mol. The highest BCUT2D eigenvalue weighted by molar-refractivity contribution is 7.89. The van der Waals surface area contributed by atoms with Gasteiger partial charge in [0.2, 0.25) is 15.9 Å². The fraction of sp³-hybridized carbons (Fsp3) is 0.579. The molecule has 2 rings (SSSR count). The van der Waals surface area contributed by atoms with Crippen LogP contribution < -0.4 is 10.1 Å². The van der Waals surface area contributed by atoms with Crippen molar-refractivity contribution >= 4 is 27.6 Å². The number of esters is 1. The lowest BCUT2D eigenvalue weighted by Crippen LogP contribution is -2.44. The lowest BCUT2D eigenvalue weighted by Gasteiger charge is -2.31. The summed E-state index contributed by atoms with van der Waals surface area (Å²) in [6, 6.07) is 6.71. The van der Waals surface area contributed by atoms with Crippen LogP contribution in [0.1, 0.15) is 33.1 Å². The Labute approximate surface area is 166 Å². The maximum absolute atomic E-state index is 12.6. The van der Waals surface area contributed by atoms with Crippen LogP contribution in [0.4, 0.5) is 5.69 Å². The van der Waals surface area contributed by atoms with Crippen LogP contribution in [0.25, 0.3) is 0 Å². The number of anilines is 1. The largest absolute Gasteiger partial charge is 0.482 e. The molecule has 28 heavy (non-hydrogen) atoms. The molecule has 156 valence electrons. The molecule has 1 aliphatic heterocycles. The molecule has 0 radical (unpaired) electrons. The van der Waals surface area contributed by atoms with Gasteiger partial charge in [0.25, 0.3) is 0 Å². The SMILES string of the molecule is CCCS(=O)(=O)N1CCCC(C(=O)Nc2cccc(OCC(=O)OCC)c2)C1. The van der Waals surface area contributed by atoms with E-state index in [2.05, 4.69) is 5.32 Å². The minimum Gasteiger partial charge on any atom is -0.482 e. The summed E-state index contributed by atoms with van der Waals surface area (Å²) in [5, 5.41) is 2.81. The van der Waals surface area contributed by atoms with Crippen molar-refractivity contribution in [3.8, 4) is 5.75 Å². The first-order valence-corrected chi connectivity index (χ1v) is 11.1. The lowest BCUT2D eigenvalue weighted by atomic mass is 9.98.